The second-order valence-corrected chi connectivity index (χ2v) is 8.20. The third-order valence-corrected chi connectivity index (χ3v) is 6.05. The van der Waals surface area contributed by atoms with Crippen LogP contribution in [0.1, 0.15) is 27.7 Å². The van der Waals surface area contributed by atoms with Crippen LogP contribution in [0, 0.1) is 5.92 Å². The summed E-state index contributed by atoms with van der Waals surface area (Å²) in [7, 11) is 2.75. The highest BCUT2D eigenvalue weighted by Gasteiger charge is 2.38. The SMILES string of the molecule is CC(C)C(=O)C(P)C(C)(C)N1CCN(CC(O)COI)CC1. The number of hydrogen-bond donors (Lipinski definition) is 1. The van der Waals surface area contributed by atoms with Gasteiger partial charge in [0.1, 0.15) is 28.8 Å². The highest BCUT2D eigenvalue weighted by molar-refractivity contribution is 14.1. The number of halogens is 1. The van der Waals surface area contributed by atoms with Gasteiger partial charge in [-0.3, -0.25) is 14.6 Å². The number of ketones is 1. The number of carbonyl (C=O) groups is 1. The molecule has 1 aliphatic heterocycles. The average Bonchev–Trinajstić information content (AvgIpc) is 2.46. The van der Waals surface area contributed by atoms with Gasteiger partial charge in [-0.25, -0.2) is 0 Å². The fourth-order valence-electron chi connectivity index (χ4n) is 2.83. The molecule has 3 atom stereocenters. The summed E-state index contributed by atoms with van der Waals surface area (Å²) in [6.07, 6.45) is -0.437. The Hall–Kier alpha value is 0.670. The molecule has 0 aromatic rings. The van der Waals surface area contributed by atoms with E-state index in [9.17, 15) is 9.90 Å². The highest BCUT2D eigenvalue weighted by Crippen LogP contribution is 2.29. The van der Waals surface area contributed by atoms with Gasteiger partial charge in [0.15, 0.2) is 0 Å². The van der Waals surface area contributed by atoms with Crippen LogP contribution in [0.25, 0.3) is 0 Å². The second kappa shape index (κ2) is 9.23. The Bertz CT molecular complexity index is 361. The first-order chi connectivity index (χ1) is 10.2. The number of nitrogens with zero attached hydrogens (tertiary/aromatic N) is 2. The molecule has 1 fully saturated rings. The van der Waals surface area contributed by atoms with Crippen molar-refractivity contribution in [2.45, 2.75) is 45.0 Å². The molecule has 1 heterocycles. The Balaban J connectivity index is 2.54. The summed E-state index contributed by atoms with van der Waals surface area (Å²) < 4.78 is 4.94. The Morgan fingerprint density at radius 2 is 1.86 bits per heavy atom. The number of carbonyl (C=O) groups excluding carboxylic acids is 1. The van der Waals surface area contributed by atoms with Crippen LogP contribution in [0.2, 0.25) is 0 Å². The van der Waals surface area contributed by atoms with Gasteiger partial charge in [0.25, 0.3) is 0 Å². The second-order valence-electron chi connectivity index (χ2n) is 6.91. The highest BCUT2D eigenvalue weighted by atomic mass is 127. The molecule has 1 saturated heterocycles. The molecular formula is C15H30IN2O3P. The maximum atomic E-state index is 12.3. The van der Waals surface area contributed by atoms with Gasteiger partial charge >= 0.3 is 0 Å². The van der Waals surface area contributed by atoms with E-state index < -0.39 is 6.10 Å². The molecule has 0 aromatic heterocycles. The minimum absolute atomic E-state index is 0.0583. The molecule has 1 aliphatic rings. The molecule has 130 valence electrons. The van der Waals surface area contributed by atoms with Crippen LogP contribution in [0.3, 0.4) is 0 Å². The average molecular weight is 444 g/mol. The molecule has 7 heteroatoms. The Labute approximate surface area is 151 Å². The maximum absolute atomic E-state index is 12.3. The Kier molecular flexibility index (Phi) is 8.69. The molecule has 0 aliphatic carbocycles. The Morgan fingerprint density at radius 3 is 2.32 bits per heavy atom. The summed E-state index contributed by atoms with van der Waals surface area (Å²) in [5, 5.41) is 9.82. The first-order valence-corrected chi connectivity index (χ1v) is 9.43. The van der Waals surface area contributed by atoms with Crippen molar-refractivity contribution in [3.8, 4) is 0 Å². The summed E-state index contributed by atoms with van der Waals surface area (Å²) in [6.45, 7) is 12.9. The van der Waals surface area contributed by atoms with E-state index in [0.717, 1.165) is 26.2 Å². The predicted octanol–water partition coefficient (Wildman–Crippen LogP) is 1.58. The number of aliphatic hydroxyl groups excluding tert-OH is 1. The van der Waals surface area contributed by atoms with Crippen molar-refractivity contribution in [3.05, 3.63) is 0 Å². The lowest BCUT2D eigenvalue weighted by atomic mass is 9.89. The smallest absolute Gasteiger partial charge is 0.144 e. The number of aliphatic hydroxyl groups is 1. The molecule has 1 rings (SSSR count). The van der Waals surface area contributed by atoms with E-state index in [1.165, 1.54) is 0 Å². The van der Waals surface area contributed by atoms with Gasteiger partial charge in [-0.1, -0.05) is 13.8 Å². The van der Waals surface area contributed by atoms with Crippen LogP contribution in [0.5, 0.6) is 0 Å². The molecule has 0 aromatic carbocycles. The zero-order valence-electron chi connectivity index (χ0n) is 14.1. The van der Waals surface area contributed by atoms with Crippen LogP contribution in [-0.2, 0) is 7.86 Å². The largest absolute Gasteiger partial charge is 0.389 e. The van der Waals surface area contributed by atoms with Crippen molar-refractivity contribution < 1.29 is 13.0 Å². The van der Waals surface area contributed by atoms with E-state index in [2.05, 4.69) is 32.9 Å². The van der Waals surface area contributed by atoms with Gasteiger partial charge in [-0.05, 0) is 13.8 Å². The van der Waals surface area contributed by atoms with E-state index in [4.69, 9.17) is 3.07 Å². The zero-order chi connectivity index (χ0) is 16.9. The summed E-state index contributed by atoms with van der Waals surface area (Å²) in [5.41, 5.74) is -0.223. The van der Waals surface area contributed by atoms with E-state index in [0.29, 0.717) is 18.9 Å². The van der Waals surface area contributed by atoms with E-state index in [-0.39, 0.29) is 17.1 Å². The normalized spacial score (nSPS) is 21.1. The quantitative estimate of drug-likeness (QED) is 0.455. The number of Topliss-reactive ketones (excluding diaryl/α,β-unsaturated/α-hetero) is 1. The lowest BCUT2D eigenvalue weighted by molar-refractivity contribution is -0.124. The fourth-order valence-corrected chi connectivity index (χ4v) is 3.84. The number of piperazine rings is 1. The van der Waals surface area contributed by atoms with Gasteiger partial charge in [-0.2, -0.15) is 0 Å². The lowest BCUT2D eigenvalue weighted by Gasteiger charge is -2.47. The first-order valence-electron chi connectivity index (χ1n) is 7.88. The molecule has 0 saturated carbocycles. The predicted molar refractivity (Wildman–Crippen MR) is 101 cm³/mol. The molecule has 0 radical (unpaired) electrons. The third-order valence-electron chi connectivity index (χ3n) is 4.55. The fraction of sp³-hybridized carbons (Fsp3) is 0.933. The third kappa shape index (κ3) is 5.64. The monoisotopic (exact) mass is 444 g/mol. The van der Waals surface area contributed by atoms with Crippen LogP contribution < -0.4 is 0 Å². The number of hydrogen-bond acceptors (Lipinski definition) is 5. The first kappa shape index (κ1) is 20.7. The van der Waals surface area contributed by atoms with Gasteiger partial charge in [0.2, 0.25) is 0 Å². The summed E-state index contributed by atoms with van der Waals surface area (Å²) in [4.78, 5) is 17.0. The van der Waals surface area contributed by atoms with Gasteiger partial charge < -0.3 is 8.17 Å². The van der Waals surface area contributed by atoms with E-state index >= 15 is 0 Å². The minimum Gasteiger partial charge on any atom is -0.389 e. The van der Waals surface area contributed by atoms with Crippen LogP contribution in [0.4, 0.5) is 0 Å². The topological polar surface area (TPSA) is 53.0 Å². The maximum Gasteiger partial charge on any atom is 0.144 e. The van der Waals surface area contributed by atoms with Crippen molar-refractivity contribution in [2.24, 2.45) is 5.92 Å². The molecule has 22 heavy (non-hydrogen) atoms. The van der Waals surface area contributed by atoms with Crippen LogP contribution >= 0.6 is 32.2 Å². The van der Waals surface area contributed by atoms with Gasteiger partial charge in [-0.15, -0.1) is 9.24 Å². The summed E-state index contributed by atoms with van der Waals surface area (Å²) >= 11 is 1.81. The van der Waals surface area contributed by atoms with Crippen molar-refractivity contribution in [1.29, 1.82) is 0 Å². The number of β-amino-alcohol motifs (C(OH)–C–C–N with tert-alkyl or cyclic N) is 1. The van der Waals surface area contributed by atoms with Gasteiger partial charge in [0.05, 0.1) is 18.4 Å². The molecule has 0 bridgehead atoms. The molecule has 0 amide bonds. The standard InChI is InChI=1S/C15H30IN2O3P/c1-11(2)13(20)14(22)15(3,4)18-7-5-17(6-8-18)9-12(19)10-21-16/h11-12,14,19H,5-10,22H2,1-4H3. The van der Waals surface area contributed by atoms with E-state index in [1.54, 1.807) is 0 Å². The zero-order valence-corrected chi connectivity index (χ0v) is 17.4. The van der Waals surface area contributed by atoms with Crippen molar-refractivity contribution in [1.82, 2.24) is 9.80 Å². The van der Waals surface area contributed by atoms with Crippen molar-refractivity contribution in [2.75, 3.05) is 39.3 Å². The number of rotatable bonds is 8. The Morgan fingerprint density at radius 1 is 1.32 bits per heavy atom. The van der Waals surface area contributed by atoms with Crippen LogP contribution in [-0.4, -0.2) is 77.3 Å². The lowest BCUT2D eigenvalue weighted by Crippen LogP contribution is -2.60. The van der Waals surface area contributed by atoms with Crippen molar-refractivity contribution in [3.63, 3.8) is 0 Å². The van der Waals surface area contributed by atoms with E-state index in [1.807, 2.05) is 36.9 Å². The molecule has 1 N–H and O–H groups in total. The molecule has 0 spiro atoms. The molecular weight excluding hydrogens is 414 g/mol. The minimum atomic E-state index is -0.437. The van der Waals surface area contributed by atoms with Gasteiger partial charge in [0, 0.05) is 44.2 Å². The molecule has 5 nitrogen and oxygen atoms in total. The van der Waals surface area contributed by atoms with Crippen LogP contribution in [0.15, 0.2) is 0 Å². The summed E-state index contributed by atoms with van der Waals surface area (Å²) in [5.74, 6) is 0.360. The molecule has 3 unspecified atom stereocenters. The summed E-state index contributed by atoms with van der Waals surface area (Å²) in [6, 6.07) is 0. The van der Waals surface area contributed by atoms with Crippen molar-refractivity contribution >= 4 is 38.0 Å².